The lowest BCUT2D eigenvalue weighted by atomic mass is 10.0. The highest BCUT2D eigenvalue weighted by atomic mass is 19.4. The molecule has 1 amide bonds. The molecule has 1 fully saturated rings. The summed E-state index contributed by atoms with van der Waals surface area (Å²) in [7, 11) is 0. The quantitative estimate of drug-likeness (QED) is 0.608. The first-order chi connectivity index (χ1) is 15.7. The number of amides is 1. The largest absolute Gasteiger partial charge is 0.417 e. The molecule has 0 bridgehead atoms. The number of hydrogen-bond donors (Lipinski definition) is 1. The van der Waals surface area contributed by atoms with E-state index < -0.39 is 11.7 Å². The van der Waals surface area contributed by atoms with E-state index in [4.69, 9.17) is 5.73 Å². The van der Waals surface area contributed by atoms with E-state index in [-0.39, 0.29) is 24.4 Å². The zero-order chi connectivity index (χ0) is 23.8. The highest BCUT2D eigenvalue weighted by molar-refractivity contribution is 5.98. The minimum atomic E-state index is -4.49. The van der Waals surface area contributed by atoms with Gasteiger partial charge in [0.2, 0.25) is 0 Å². The first-order valence-corrected chi connectivity index (χ1v) is 10.6. The molecule has 2 aromatic heterocycles. The van der Waals surface area contributed by atoms with Crippen molar-refractivity contribution >= 4 is 22.6 Å². The van der Waals surface area contributed by atoms with E-state index in [0.717, 1.165) is 29.6 Å². The first kappa shape index (κ1) is 22.5. The second-order valence-corrected chi connectivity index (χ2v) is 8.30. The maximum atomic E-state index is 13.6. The number of anilines is 1. The van der Waals surface area contributed by atoms with Crippen molar-refractivity contribution in [2.45, 2.75) is 44.9 Å². The van der Waals surface area contributed by atoms with Crippen LogP contribution in [0.5, 0.6) is 0 Å². The van der Waals surface area contributed by atoms with Gasteiger partial charge in [-0.2, -0.15) is 18.4 Å². The summed E-state index contributed by atoms with van der Waals surface area (Å²) in [4.78, 5) is 23.4. The number of hydrogen-bond acceptors (Lipinski definition) is 5. The third-order valence-electron chi connectivity index (χ3n) is 6.08. The SMILES string of the molecule is Cc1cc2cc(C(=O)N(Cc3ccc(C(F)(F)F)cn3)[C@@H]3CCC[C@H]3C#N)ccc2nc1N. The molecule has 0 aliphatic heterocycles. The van der Waals surface area contributed by atoms with Crippen molar-refractivity contribution in [1.29, 1.82) is 5.26 Å². The van der Waals surface area contributed by atoms with E-state index in [9.17, 15) is 23.2 Å². The zero-order valence-corrected chi connectivity index (χ0v) is 17.9. The van der Waals surface area contributed by atoms with Gasteiger partial charge in [-0.15, -0.1) is 0 Å². The van der Waals surface area contributed by atoms with Crippen LogP contribution in [0.4, 0.5) is 19.0 Å². The van der Waals surface area contributed by atoms with Crippen LogP contribution in [-0.2, 0) is 12.7 Å². The van der Waals surface area contributed by atoms with Crippen molar-refractivity contribution in [1.82, 2.24) is 14.9 Å². The smallest absolute Gasteiger partial charge is 0.383 e. The summed E-state index contributed by atoms with van der Waals surface area (Å²) in [5.41, 5.74) is 7.20. The topological polar surface area (TPSA) is 95.9 Å². The third kappa shape index (κ3) is 4.60. The number of nitrogen functional groups attached to an aromatic ring is 1. The molecular weight excluding hydrogens is 431 g/mol. The van der Waals surface area contributed by atoms with E-state index in [2.05, 4.69) is 16.0 Å². The fourth-order valence-corrected chi connectivity index (χ4v) is 4.26. The Bertz CT molecular complexity index is 1230. The van der Waals surface area contributed by atoms with Gasteiger partial charge in [0.15, 0.2) is 0 Å². The average Bonchev–Trinajstić information content (AvgIpc) is 3.26. The van der Waals surface area contributed by atoms with Gasteiger partial charge in [-0.05, 0) is 68.1 Å². The number of aromatic nitrogens is 2. The van der Waals surface area contributed by atoms with Crippen molar-refractivity contribution in [3.63, 3.8) is 0 Å². The van der Waals surface area contributed by atoms with Crippen LogP contribution in [-0.4, -0.2) is 26.8 Å². The number of carbonyl (C=O) groups excluding carboxylic acids is 1. The summed E-state index contributed by atoms with van der Waals surface area (Å²) in [6.07, 6.45) is -1.60. The Balaban J connectivity index is 1.69. The molecule has 1 saturated carbocycles. The number of nitrogens with two attached hydrogens (primary N) is 1. The van der Waals surface area contributed by atoms with E-state index >= 15 is 0 Å². The van der Waals surface area contributed by atoms with Crippen molar-refractivity contribution in [2.75, 3.05) is 5.73 Å². The molecule has 1 aromatic carbocycles. The molecule has 2 atom stereocenters. The molecule has 2 N–H and O–H groups in total. The van der Waals surface area contributed by atoms with Gasteiger partial charge in [0.25, 0.3) is 5.91 Å². The van der Waals surface area contributed by atoms with Gasteiger partial charge >= 0.3 is 6.18 Å². The molecule has 3 aromatic rings. The predicted octanol–water partition coefficient (Wildman–Crippen LogP) is 4.87. The minimum absolute atomic E-state index is 0.0108. The summed E-state index contributed by atoms with van der Waals surface area (Å²) >= 11 is 0. The van der Waals surface area contributed by atoms with Gasteiger partial charge in [-0.25, -0.2) is 4.98 Å². The third-order valence-corrected chi connectivity index (χ3v) is 6.08. The number of halogens is 3. The molecule has 1 aliphatic rings. The van der Waals surface area contributed by atoms with Gasteiger partial charge in [0, 0.05) is 23.2 Å². The van der Waals surface area contributed by atoms with Crippen LogP contribution in [0.1, 0.15) is 46.4 Å². The Kier molecular flexibility index (Phi) is 5.93. The second-order valence-electron chi connectivity index (χ2n) is 8.30. The van der Waals surface area contributed by atoms with Gasteiger partial charge in [-0.1, -0.05) is 0 Å². The standard InChI is InChI=1S/C24H22F3N5O/c1-14-9-17-10-15(5-8-20(17)31-22(14)29)23(33)32(21-4-2-3-16(21)11-28)13-19-7-6-18(12-30-19)24(25,26)27/h5-10,12,16,21H,2-4,13H2,1H3,(H2,29,31)/t16-,21+/m0/s1. The molecule has 0 saturated heterocycles. The monoisotopic (exact) mass is 453 g/mol. The van der Waals surface area contributed by atoms with Crippen molar-refractivity contribution in [3.8, 4) is 6.07 Å². The number of nitrogens with zero attached hydrogens (tertiary/aromatic N) is 4. The van der Waals surface area contributed by atoms with Crippen LogP contribution in [0.3, 0.4) is 0 Å². The first-order valence-electron chi connectivity index (χ1n) is 10.6. The summed E-state index contributed by atoms with van der Waals surface area (Å²) < 4.78 is 38.7. The van der Waals surface area contributed by atoms with Crippen LogP contribution in [0.2, 0.25) is 0 Å². The normalized spacial score (nSPS) is 18.3. The van der Waals surface area contributed by atoms with Crippen LogP contribution in [0.25, 0.3) is 10.9 Å². The molecule has 9 heteroatoms. The number of nitriles is 1. The molecule has 1 aliphatic carbocycles. The number of carbonyl (C=O) groups is 1. The number of pyridine rings is 2. The maximum Gasteiger partial charge on any atom is 0.417 e. The highest BCUT2D eigenvalue weighted by Gasteiger charge is 2.36. The van der Waals surface area contributed by atoms with Crippen LogP contribution >= 0.6 is 0 Å². The van der Waals surface area contributed by atoms with Crippen LogP contribution in [0.15, 0.2) is 42.6 Å². The zero-order valence-electron chi connectivity index (χ0n) is 17.9. The molecule has 0 unspecified atom stereocenters. The van der Waals surface area contributed by atoms with E-state index in [1.54, 1.807) is 23.1 Å². The lowest BCUT2D eigenvalue weighted by Gasteiger charge is -2.31. The van der Waals surface area contributed by atoms with Crippen molar-refractivity contribution in [3.05, 3.63) is 65.0 Å². The summed E-state index contributed by atoms with van der Waals surface area (Å²) in [6, 6.07) is 11.1. The Hall–Kier alpha value is -3.67. The van der Waals surface area contributed by atoms with E-state index in [0.29, 0.717) is 35.4 Å². The van der Waals surface area contributed by atoms with Crippen LogP contribution in [0, 0.1) is 24.2 Å². The average molecular weight is 453 g/mol. The molecule has 33 heavy (non-hydrogen) atoms. The van der Waals surface area contributed by atoms with Crippen molar-refractivity contribution in [2.24, 2.45) is 5.92 Å². The summed E-state index contributed by atoms with van der Waals surface area (Å²) in [6.45, 7) is 1.84. The van der Waals surface area contributed by atoms with Gasteiger partial charge in [-0.3, -0.25) is 9.78 Å². The fraction of sp³-hybridized carbons (Fsp3) is 0.333. The van der Waals surface area contributed by atoms with Gasteiger partial charge < -0.3 is 10.6 Å². The fourth-order valence-electron chi connectivity index (χ4n) is 4.26. The number of aryl methyl sites for hydroxylation is 1. The van der Waals surface area contributed by atoms with Crippen LogP contribution < -0.4 is 5.73 Å². The predicted molar refractivity (Wildman–Crippen MR) is 117 cm³/mol. The molecular formula is C24H22F3N5O. The lowest BCUT2D eigenvalue weighted by Crippen LogP contribution is -2.41. The molecule has 6 nitrogen and oxygen atoms in total. The Morgan fingerprint density at radius 2 is 2.03 bits per heavy atom. The summed E-state index contributed by atoms with van der Waals surface area (Å²) in [5, 5.41) is 10.3. The number of alkyl halides is 3. The van der Waals surface area contributed by atoms with Gasteiger partial charge in [0.05, 0.1) is 35.3 Å². The molecule has 0 radical (unpaired) electrons. The Morgan fingerprint density at radius 1 is 1.24 bits per heavy atom. The number of rotatable bonds is 4. The molecule has 2 heterocycles. The molecule has 4 rings (SSSR count). The highest BCUT2D eigenvalue weighted by Crippen LogP contribution is 2.33. The number of benzene rings is 1. The Morgan fingerprint density at radius 3 is 2.70 bits per heavy atom. The van der Waals surface area contributed by atoms with E-state index in [1.165, 1.54) is 6.07 Å². The van der Waals surface area contributed by atoms with E-state index in [1.807, 2.05) is 13.0 Å². The second kappa shape index (κ2) is 8.70. The van der Waals surface area contributed by atoms with Gasteiger partial charge in [0.1, 0.15) is 5.82 Å². The van der Waals surface area contributed by atoms with Crippen molar-refractivity contribution < 1.29 is 18.0 Å². The number of fused-ring (bicyclic) bond motifs is 1. The maximum absolute atomic E-state index is 13.6. The molecule has 170 valence electrons. The molecule has 0 spiro atoms. The summed E-state index contributed by atoms with van der Waals surface area (Å²) in [5.74, 6) is -0.229. The minimum Gasteiger partial charge on any atom is -0.383 e. The lowest BCUT2D eigenvalue weighted by molar-refractivity contribution is -0.137. The Labute approximate surface area is 188 Å².